The second kappa shape index (κ2) is 7.86. The van der Waals surface area contributed by atoms with Gasteiger partial charge in [0, 0.05) is 31.3 Å². The number of benzene rings is 2. The molecule has 1 heterocycles. The first-order valence-corrected chi connectivity index (χ1v) is 8.53. The standard InChI is InChI=1S/C19H21N3O4/c1-26-18-13-15(22(24)25)8-9-16(18)20-19(23)10-12-21-11-4-6-14-5-2-3-7-17(14)21/h2-3,5,7-9,13H,4,6,10-12H2,1H3,(H,20,23). The van der Waals surface area contributed by atoms with E-state index in [1.54, 1.807) is 0 Å². The van der Waals surface area contributed by atoms with Gasteiger partial charge in [0.15, 0.2) is 0 Å². The minimum absolute atomic E-state index is 0.0789. The van der Waals surface area contributed by atoms with Gasteiger partial charge < -0.3 is 15.0 Å². The molecule has 2 aromatic rings. The molecule has 7 nitrogen and oxygen atoms in total. The normalized spacial score (nSPS) is 13.0. The summed E-state index contributed by atoms with van der Waals surface area (Å²) in [5.41, 5.74) is 2.86. The summed E-state index contributed by atoms with van der Waals surface area (Å²) >= 11 is 0. The Balaban J connectivity index is 1.63. The number of ether oxygens (including phenoxy) is 1. The number of methoxy groups -OCH3 is 1. The average Bonchev–Trinajstić information content (AvgIpc) is 2.66. The van der Waals surface area contributed by atoms with Crippen LogP contribution >= 0.6 is 0 Å². The Morgan fingerprint density at radius 2 is 2.12 bits per heavy atom. The smallest absolute Gasteiger partial charge is 0.273 e. The monoisotopic (exact) mass is 355 g/mol. The zero-order valence-electron chi connectivity index (χ0n) is 14.6. The van der Waals surface area contributed by atoms with Crippen LogP contribution in [0.4, 0.5) is 17.1 Å². The molecule has 0 aliphatic carbocycles. The maximum absolute atomic E-state index is 12.3. The molecule has 0 bridgehead atoms. The number of nitro groups is 1. The number of rotatable bonds is 6. The van der Waals surface area contributed by atoms with E-state index in [9.17, 15) is 14.9 Å². The fraction of sp³-hybridized carbons (Fsp3) is 0.316. The van der Waals surface area contributed by atoms with Crippen LogP contribution in [0.2, 0.25) is 0 Å². The van der Waals surface area contributed by atoms with Gasteiger partial charge in [-0.15, -0.1) is 0 Å². The van der Waals surface area contributed by atoms with Gasteiger partial charge in [-0.25, -0.2) is 0 Å². The molecule has 0 saturated carbocycles. The quantitative estimate of drug-likeness (QED) is 0.634. The summed E-state index contributed by atoms with van der Waals surface area (Å²) in [5.74, 6) is 0.121. The molecule has 0 aromatic heterocycles. The molecule has 3 rings (SSSR count). The van der Waals surface area contributed by atoms with E-state index >= 15 is 0 Å². The number of nitrogens with zero attached hydrogens (tertiary/aromatic N) is 2. The Hall–Kier alpha value is -3.09. The van der Waals surface area contributed by atoms with E-state index in [0.717, 1.165) is 19.4 Å². The van der Waals surface area contributed by atoms with Crippen molar-refractivity contribution < 1.29 is 14.5 Å². The molecule has 136 valence electrons. The fourth-order valence-corrected chi connectivity index (χ4v) is 3.19. The Labute approximate surface area is 151 Å². The predicted octanol–water partition coefficient (Wildman–Crippen LogP) is 3.38. The third-order valence-corrected chi connectivity index (χ3v) is 4.49. The summed E-state index contributed by atoms with van der Waals surface area (Å²) in [4.78, 5) is 24.9. The number of nitro benzene ring substituents is 1. The van der Waals surface area contributed by atoms with E-state index < -0.39 is 4.92 Å². The SMILES string of the molecule is COc1cc([N+](=O)[O-])ccc1NC(=O)CCN1CCCc2ccccc21. The molecule has 26 heavy (non-hydrogen) atoms. The van der Waals surface area contributed by atoms with Crippen molar-refractivity contribution in [1.82, 2.24) is 0 Å². The second-order valence-electron chi connectivity index (χ2n) is 6.16. The summed E-state index contributed by atoms with van der Waals surface area (Å²) in [6.45, 7) is 1.56. The maximum Gasteiger partial charge on any atom is 0.273 e. The molecular weight excluding hydrogens is 334 g/mol. The van der Waals surface area contributed by atoms with Crippen LogP contribution in [0.3, 0.4) is 0 Å². The third-order valence-electron chi connectivity index (χ3n) is 4.49. The molecule has 0 radical (unpaired) electrons. The molecule has 2 aromatic carbocycles. The van der Waals surface area contributed by atoms with Crippen LogP contribution in [-0.4, -0.2) is 31.0 Å². The molecule has 7 heteroatoms. The van der Waals surface area contributed by atoms with Gasteiger partial charge in [0.1, 0.15) is 5.75 Å². The molecule has 0 saturated heterocycles. The zero-order valence-corrected chi connectivity index (χ0v) is 14.6. The molecule has 1 aliphatic heterocycles. The summed E-state index contributed by atoms with van der Waals surface area (Å²) < 4.78 is 5.15. The van der Waals surface area contributed by atoms with E-state index in [2.05, 4.69) is 22.3 Å². The lowest BCUT2D eigenvalue weighted by molar-refractivity contribution is -0.384. The topological polar surface area (TPSA) is 84.7 Å². The first-order chi connectivity index (χ1) is 12.6. The lowest BCUT2D eigenvalue weighted by Crippen LogP contribution is -2.32. The number of non-ortho nitro benzene ring substituents is 1. The van der Waals surface area contributed by atoms with Crippen molar-refractivity contribution in [2.45, 2.75) is 19.3 Å². The number of aryl methyl sites for hydroxylation is 1. The van der Waals surface area contributed by atoms with Crippen LogP contribution < -0.4 is 15.0 Å². The Morgan fingerprint density at radius 3 is 2.88 bits per heavy atom. The molecule has 1 aliphatic rings. The summed E-state index contributed by atoms with van der Waals surface area (Å²) in [6, 6.07) is 12.4. The minimum atomic E-state index is -0.498. The molecule has 0 unspecified atom stereocenters. The predicted molar refractivity (Wildman–Crippen MR) is 99.9 cm³/mol. The number of nitrogens with one attached hydrogen (secondary N) is 1. The minimum Gasteiger partial charge on any atom is -0.494 e. The molecule has 0 atom stereocenters. The van der Waals surface area contributed by atoms with E-state index in [0.29, 0.717) is 18.7 Å². The van der Waals surface area contributed by atoms with Crippen molar-refractivity contribution in [3.8, 4) is 5.75 Å². The molecule has 1 N–H and O–H groups in total. The van der Waals surface area contributed by atoms with Gasteiger partial charge in [-0.3, -0.25) is 14.9 Å². The summed E-state index contributed by atoms with van der Waals surface area (Å²) in [5, 5.41) is 13.6. The van der Waals surface area contributed by atoms with Crippen molar-refractivity contribution in [3.63, 3.8) is 0 Å². The average molecular weight is 355 g/mol. The van der Waals surface area contributed by atoms with Crippen molar-refractivity contribution >= 4 is 23.0 Å². The number of fused-ring (bicyclic) bond motifs is 1. The van der Waals surface area contributed by atoms with Crippen LogP contribution in [0.1, 0.15) is 18.4 Å². The number of anilines is 2. The summed E-state index contributed by atoms with van der Waals surface area (Å²) in [7, 11) is 1.42. The lowest BCUT2D eigenvalue weighted by atomic mass is 10.0. The van der Waals surface area contributed by atoms with Crippen molar-refractivity contribution in [2.75, 3.05) is 30.4 Å². The lowest BCUT2D eigenvalue weighted by Gasteiger charge is -2.31. The van der Waals surface area contributed by atoms with Crippen molar-refractivity contribution in [2.24, 2.45) is 0 Å². The Bertz CT molecular complexity index is 822. The van der Waals surface area contributed by atoms with Gasteiger partial charge in [-0.2, -0.15) is 0 Å². The van der Waals surface area contributed by atoms with E-state index in [1.165, 1.54) is 36.6 Å². The Morgan fingerprint density at radius 1 is 1.31 bits per heavy atom. The van der Waals surface area contributed by atoms with Crippen LogP contribution in [0.5, 0.6) is 5.75 Å². The summed E-state index contributed by atoms with van der Waals surface area (Å²) in [6.07, 6.45) is 2.47. The van der Waals surface area contributed by atoms with Gasteiger partial charge in [0.25, 0.3) is 5.69 Å². The van der Waals surface area contributed by atoms with Gasteiger partial charge in [-0.05, 0) is 30.5 Å². The zero-order chi connectivity index (χ0) is 18.5. The number of amides is 1. The number of carbonyl (C=O) groups is 1. The fourth-order valence-electron chi connectivity index (χ4n) is 3.19. The first kappa shape index (κ1) is 17.7. The third kappa shape index (κ3) is 3.93. The second-order valence-corrected chi connectivity index (χ2v) is 6.16. The molecular formula is C19H21N3O4. The highest BCUT2D eigenvalue weighted by atomic mass is 16.6. The first-order valence-electron chi connectivity index (χ1n) is 8.53. The molecule has 1 amide bonds. The highest BCUT2D eigenvalue weighted by Crippen LogP contribution is 2.29. The Kier molecular flexibility index (Phi) is 5.36. The van der Waals surface area contributed by atoms with E-state index in [4.69, 9.17) is 4.74 Å². The largest absolute Gasteiger partial charge is 0.494 e. The van der Waals surface area contributed by atoms with Gasteiger partial charge >= 0.3 is 0 Å². The number of para-hydroxylation sites is 1. The maximum atomic E-state index is 12.3. The number of carbonyl (C=O) groups excluding carboxylic acids is 1. The van der Waals surface area contributed by atoms with Crippen LogP contribution in [0.25, 0.3) is 0 Å². The molecule has 0 fully saturated rings. The van der Waals surface area contributed by atoms with Crippen LogP contribution in [0.15, 0.2) is 42.5 Å². The van der Waals surface area contributed by atoms with Crippen molar-refractivity contribution in [1.29, 1.82) is 0 Å². The van der Waals surface area contributed by atoms with Crippen molar-refractivity contribution in [3.05, 3.63) is 58.1 Å². The van der Waals surface area contributed by atoms with E-state index in [-0.39, 0.29) is 17.3 Å². The van der Waals surface area contributed by atoms with Crippen LogP contribution in [0, 0.1) is 10.1 Å². The molecule has 0 spiro atoms. The number of hydrogen-bond acceptors (Lipinski definition) is 5. The van der Waals surface area contributed by atoms with Gasteiger partial charge in [0.2, 0.25) is 5.91 Å². The van der Waals surface area contributed by atoms with Gasteiger partial charge in [-0.1, -0.05) is 18.2 Å². The van der Waals surface area contributed by atoms with E-state index in [1.807, 2.05) is 12.1 Å². The van der Waals surface area contributed by atoms with Crippen LogP contribution in [-0.2, 0) is 11.2 Å². The highest BCUT2D eigenvalue weighted by Gasteiger charge is 2.18. The van der Waals surface area contributed by atoms with Gasteiger partial charge in [0.05, 0.1) is 23.8 Å². The number of hydrogen-bond donors (Lipinski definition) is 1. The highest BCUT2D eigenvalue weighted by molar-refractivity contribution is 5.92.